The van der Waals surface area contributed by atoms with Gasteiger partial charge < -0.3 is 15.3 Å². The molecule has 0 saturated heterocycles. The van der Waals surface area contributed by atoms with Crippen LogP contribution in [-0.2, 0) is 17.8 Å². The fourth-order valence-corrected chi connectivity index (χ4v) is 3.10. The fourth-order valence-electron chi connectivity index (χ4n) is 3.10. The van der Waals surface area contributed by atoms with Crippen molar-refractivity contribution in [2.75, 3.05) is 13.2 Å². The molecule has 1 heterocycles. The molecule has 4 heteroatoms. The average Bonchev–Trinajstić information content (AvgIpc) is 2.53. The van der Waals surface area contributed by atoms with Crippen LogP contribution in [0.15, 0.2) is 24.3 Å². The Bertz CT molecular complexity index is 502. The molecule has 122 valence electrons. The zero-order valence-electron chi connectivity index (χ0n) is 13.9. The van der Waals surface area contributed by atoms with E-state index in [0.29, 0.717) is 18.9 Å². The number of fused-ring (bicyclic) bond motifs is 1. The first-order valence-corrected chi connectivity index (χ1v) is 8.25. The summed E-state index contributed by atoms with van der Waals surface area (Å²) in [5, 5.41) is 12.5. The highest BCUT2D eigenvalue weighted by atomic mass is 16.3. The molecular formula is C18H28N2O2. The van der Waals surface area contributed by atoms with E-state index >= 15 is 0 Å². The van der Waals surface area contributed by atoms with Gasteiger partial charge in [0.25, 0.3) is 0 Å². The van der Waals surface area contributed by atoms with E-state index in [0.717, 1.165) is 13.0 Å². The predicted octanol–water partition coefficient (Wildman–Crippen LogP) is 1.96. The second kappa shape index (κ2) is 7.75. The Morgan fingerprint density at radius 3 is 2.59 bits per heavy atom. The largest absolute Gasteiger partial charge is 0.396 e. The quantitative estimate of drug-likeness (QED) is 0.845. The lowest BCUT2D eigenvalue weighted by molar-refractivity contribution is -0.134. The van der Waals surface area contributed by atoms with E-state index in [4.69, 9.17) is 5.11 Å². The molecule has 0 aromatic heterocycles. The van der Waals surface area contributed by atoms with Gasteiger partial charge in [0.2, 0.25) is 5.91 Å². The number of aliphatic hydroxyl groups is 1. The Morgan fingerprint density at radius 2 is 1.95 bits per heavy atom. The van der Waals surface area contributed by atoms with Crippen molar-refractivity contribution in [3.05, 3.63) is 35.4 Å². The van der Waals surface area contributed by atoms with Gasteiger partial charge in [-0.1, -0.05) is 38.1 Å². The van der Waals surface area contributed by atoms with E-state index in [2.05, 4.69) is 37.4 Å². The SMILES string of the molecule is CC(NC(CCO)C(C)C)C(=O)N1CCc2ccccc2C1. The molecular weight excluding hydrogens is 276 g/mol. The Morgan fingerprint density at radius 1 is 1.27 bits per heavy atom. The van der Waals surface area contributed by atoms with Crippen LogP contribution in [-0.4, -0.2) is 41.1 Å². The van der Waals surface area contributed by atoms with Crippen LogP contribution in [0.4, 0.5) is 0 Å². The molecule has 1 aromatic rings. The fraction of sp³-hybridized carbons (Fsp3) is 0.611. The van der Waals surface area contributed by atoms with Crippen LogP contribution in [0.25, 0.3) is 0 Å². The molecule has 0 spiro atoms. The van der Waals surface area contributed by atoms with Gasteiger partial charge in [-0.3, -0.25) is 4.79 Å². The molecule has 4 nitrogen and oxygen atoms in total. The van der Waals surface area contributed by atoms with Crippen molar-refractivity contribution in [1.82, 2.24) is 10.2 Å². The highest BCUT2D eigenvalue weighted by Gasteiger charge is 2.26. The first-order valence-electron chi connectivity index (χ1n) is 8.25. The van der Waals surface area contributed by atoms with E-state index in [9.17, 15) is 4.79 Å². The molecule has 0 fully saturated rings. The number of amides is 1. The third-order valence-electron chi connectivity index (χ3n) is 4.52. The number of aliphatic hydroxyl groups excluding tert-OH is 1. The van der Waals surface area contributed by atoms with Gasteiger partial charge in [-0.25, -0.2) is 0 Å². The van der Waals surface area contributed by atoms with Crippen LogP contribution < -0.4 is 5.32 Å². The topological polar surface area (TPSA) is 52.6 Å². The minimum Gasteiger partial charge on any atom is -0.396 e. The zero-order valence-corrected chi connectivity index (χ0v) is 13.9. The molecule has 2 N–H and O–H groups in total. The summed E-state index contributed by atoms with van der Waals surface area (Å²) in [4.78, 5) is 14.6. The van der Waals surface area contributed by atoms with Gasteiger partial charge in [0, 0.05) is 25.7 Å². The van der Waals surface area contributed by atoms with Crippen LogP contribution in [0, 0.1) is 5.92 Å². The van der Waals surface area contributed by atoms with Gasteiger partial charge in [-0.05, 0) is 36.8 Å². The second-order valence-electron chi connectivity index (χ2n) is 6.53. The number of carbonyl (C=O) groups excluding carboxylic acids is 1. The van der Waals surface area contributed by atoms with Crippen molar-refractivity contribution in [3.8, 4) is 0 Å². The number of benzene rings is 1. The predicted molar refractivity (Wildman–Crippen MR) is 88.5 cm³/mol. The summed E-state index contributed by atoms with van der Waals surface area (Å²) in [6.07, 6.45) is 1.61. The van der Waals surface area contributed by atoms with Crippen LogP contribution in [0.3, 0.4) is 0 Å². The molecule has 1 aromatic carbocycles. The van der Waals surface area contributed by atoms with Crippen molar-refractivity contribution in [2.24, 2.45) is 5.92 Å². The summed E-state index contributed by atoms with van der Waals surface area (Å²) in [6.45, 7) is 7.79. The van der Waals surface area contributed by atoms with Crippen LogP contribution in [0.2, 0.25) is 0 Å². The Labute approximate surface area is 133 Å². The zero-order chi connectivity index (χ0) is 16.1. The molecule has 0 radical (unpaired) electrons. The maximum atomic E-state index is 12.7. The summed E-state index contributed by atoms with van der Waals surface area (Å²) in [5.74, 6) is 0.544. The van der Waals surface area contributed by atoms with Crippen molar-refractivity contribution in [2.45, 2.75) is 52.2 Å². The van der Waals surface area contributed by atoms with Crippen LogP contribution in [0.1, 0.15) is 38.3 Å². The van der Waals surface area contributed by atoms with E-state index < -0.39 is 0 Å². The first-order chi connectivity index (χ1) is 10.5. The van der Waals surface area contributed by atoms with Crippen molar-refractivity contribution in [1.29, 1.82) is 0 Å². The van der Waals surface area contributed by atoms with Crippen molar-refractivity contribution >= 4 is 5.91 Å². The minimum absolute atomic E-state index is 0.147. The molecule has 0 saturated carbocycles. The molecule has 22 heavy (non-hydrogen) atoms. The minimum atomic E-state index is -0.218. The second-order valence-corrected chi connectivity index (χ2v) is 6.53. The number of hydrogen-bond donors (Lipinski definition) is 2. The lowest BCUT2D eigenvalue weighted by atomic mass is 9.98. The Kier molecular flexibility index (Phi) is 5.98. The maximum absolute atomic E-state index is 12.7. The Hall–Kier alpha value is -1.39. The third kappa shape index (κ3) is 4.08. The molecule has 1 aliphatic rings. The standard InChI is InChI=1S/C18H28N2O2/c1-13(2)17(9-11-21)19-14(3)18(22)20-10-8-15-6-4-5-7-16(15)12-20/h4-7,13-14,17,19,21H,8-12H2,1-3H3. The summed E-state index contributed by atoms with van der Waals surface area (Å²) in [7, 11) is 0. The molecule has 0 aliphatic carbocycles. The molecule has 2 atom stereocenters. The molecule has 2 unspecified atom stereocenters. The molecule has 1 aliphatic heterocycles. The van der Waals surface area contributed by atoms with Crippen LogP contribution >= 0.6 is 0 Å². The summed E-state index contributed by atoms with van der Waals surface area (Å²) < 4.78 is 0. The van der Waals surface area contributed by atoms with Gasteiger partial charge in [0.15, 0.2) is 0 Å². The number of carbonyl (C=O) groups is 1. The first kappa shape index (κ1) is 17.0. The smallest absolute Gasteiger partial charge is 0.239 e. The van der Waals surface area contributed by atoms with Crippen molar-refractivity contribution < 1.29 is 9.90 Å². The number of hydrogen-bond acceptors (Lipinski definition) is 3. The lowest BCUT2D eigenvalue weighted by Crippen LogP contribution is -2.51. The highest BCUT2D eigenvalue weighted by molar-refractivity contribution is 5.81. The van der Waals surface area contributed by atoms with E-state index in [1.165, 1.54) is 11.1 Å². The van der Waals surface area contributed by atoms with Gasteiger partial charge in [-0.15, -0.1) is 0 Å². The van der Waals surface area contributed by atoms with Gasteiger partial charge >= 0.3 is 0 Å². The molecule has 0 bridgehead atoms. The average molecular weight is 304 g/mol. The number of rotatable bonds is 6. The Balaban J connectivity index is 1.96. The number of nitrogens with zero attached hydrogens (tertiary/aromatic N) is 1. The molecule has 1 amide bonds. The molecule has 2 rings (SSSR count). The van der Waals surface area contributed by atoms with Gasteiger partial charge in [0.1, 0.15) is 0 Å². The highest BCUT2D eigenvalue weighted by Crippen LogP contribution is 2.19. The van der Waals surface area contributed by atoms with Crippen LogP contribution in [0.5, 0.6) is 0 Å². The van der Waals surface area contributed by atoms with Crippen molar-refractivity contribution in [3.63, 3.8) is 0 Å². The maximum Gasteiger partial charge on any atom is 0.239 e. The van der Waals surface area contributed by atoms with E-state index in [1.807, 2.05) is 17.9 Å². The summed E-state index contributed by atoms with van der Waals surface area (Å²) in [6, 6.07) is 8.29. The van der Waals surface area contributed by atoms with E-state index in [-0.39, 0.29) is 24.6 Å². The van der Waals surface area contributed by atoms with Gasteiger partial charge in [-0.2, -0.15) is 0 Å². The summed E-state index contributed by atoms with van der Waals surface area (Å²) in [5.41, 5.74) is 2.61. The summed E-state index contributed by atoms with van der Waals surface area (Å²) >= 11 is 0. The number of nitrogens with one attached hydrogen (secondary N) is 1. The third-order valence-corrected chi connectivity index (χ3v) is 4.52. The monoisotopic (exact) mass is 304 g/mol. The van der Waals surface area contributed by atoms with Gasteiger partial charge in [0.05, 0.1) is 6.04 Å². The van der Waals surface area contributed by atoms with E-state index in [1.54, 1.807) is 0 Å². The lowest BCUT2D eigenvalue weighted by Gasteiger charge is -2.33. The normalized spacial score (nSPS) is 17.2.